The minimum Gasteiger partial charge on any atom is -0.379 e. The minimum atomic E-state index is -4.56. The highest BCUT2D eigenvalue weighted by molar-refractivity contribution is 5.94. The maximum Gasteiger partial charge on any atom is 0.433 e. The Balaban J connectivity index is 1.43. The first kappa shape index (κ1) is 24.1. The van der Waals surface area contributed by atoms with Crippen LogP contribution < -0.4 is 0 Å². The zero-order chi connectivity index (χ0) is 25.6. The summed E-state index contributed by atoms with van der Waals surface area (Å²) in [6, 6.07) is 9.03. The van der Waals surface area contributed by atoms with Crippen LogP contribution in [0.2, 0.25) is 0 Å². The number of alkyl halides is 3. The van der Waals surface area contributed by atoms with Crippen LogP contribution in [0, 0.1) is 5.92 Å². The van der Waals surface area contributed by atoms with Crippen LogP contribution in [0.15, 0.2) is 36.7 Å². The van der Waals surface area contributed by atoms with E-state index in [9.17, 15) is 13.2 Å². The number of nitrogens with one attached hydrogen (secondary N) is 1. The molecular formula is C26H28F3N7O. The molecule has 6 rings (SSSR count). The van der Waals surface area contributed by atoms with Gasteiger partial charge in [0, 0.05) is 43.5 Å². The highest BCUT2D eigenvalue weighted by Crippen LogP contribution is 2.43. The summed E-state index contributed by atoms with van der Waals surface area (Å²) in [5.74, 6) is 1.41. The smallest absolute Gasteiger partial charge is 0.379 e. The van der Waals surface area contributed by atoms with E-state index < -0.39 is 11.9 Å². The SMILES string of the molecule is Cn1cnnc1[C@@H](c1cccc(-c2n[nH]c3c(CN4CCOCC4)nc(C(F)(F)F)cc23)c1)C1CCC1. The van der Waals surface area contributed by atoms with Crippen molar-refractivity contribution in [2.24, 2.45) is 13.0 Å². The van der Waals surface area contributed by atoms with Gasteiger partial charge in [0.1, 0.15) is 23.5 Å². The van der Waals surface area contributed by atoms with Crippen molar-refractivity contribution >= 4 is 10.9 Å². The Morgan fingerprint density at radius 1 is 1.16 bits per heavy atom. The monoisotopic (exact) mass is 511 g/mol. The summed E-state index contributed by atoms with van der Waals surface area (Å²) in [7, 11) is 1.94. The first-order chi connectivity index (χ1) is 17.9. The van der Waals surface area contributed by atoms with Gasteiger partial charge in [-0.05, 0) is 36.5 Å². The number of hydrogen-bond donors (Lipinski definition) is 1. The quantitative estimate of drug-likeness (QED) is 0.409. The molecule has 11 heteroatoms. The average molecular weight is 512 g/mol. The van der Waals surface area contributed by atoms with Gasteiger partial charge in [-0.25, -0.2) is 4.98 Å². The zero-order valence-corrected chi connectivity index (χ0v) is 20.5. The second kappa shape index (κ2) is 9.53. The van der Waals surface area contributed by atoms with Gasteiger partial charge in [0.25, 0.3) is 0 Å². The Labute approximate surface area is 211 Å². The minimum absolute atomic E-state index is 0.0655. The van der Waals surface area contributed by atoms with Crippen molar-refractivity contribution in [3.63, 3.8) is 0 Å². The Kier molecular flexibility index (Phi) is 6.20. The first-order valence-electron chi connectivity index (χ1n) is 12.6. The summed E-state index contributed by atoms with van der Waals surface area (Å²) >= 11 is 0. The van der Waals surface area contributed by atoms with E-state index >= 15 is 0 Å². The molecule has 1 atom stereocenters. The number of rotatable bonds is 6. The van der Waals surface area contributed by atoms with E-state index in [0.717, 1.165) is 35.9 Å². The van der Waals surface area contributed by atoms with Gasteiger partial charge in [-0.15, -0.1) is 10.2 Å². The number of nitrogens with zero attached hydrogens (tertiary/aromatic N) is 6. The second-order valence-electron chi connectivity index (χ2n) is 9.93. The Morgan fingerprint density at radius 3 is 2.65 bits per heavy atom. The zero-order valence-electron chi connectivity index (χ0n) is 20.5. The van der Waals surface area contributed by atoms with Gasteiger partial charge >= 0.3 is 6.18 Å². The normalized spacial score (nSPS) is 18.3. The highest BCUT2D eigenvalue weighted by atomic mass is 19.4. The number of benzene rings is 1. The third kappa shape index (κ3) is 4.61. The van der Waals surface area contributed by atoms with Gasteiger partial charge < -0.3 is 9.30 Å². The lowest BCUT2D eigenvalue weighted by Gasteiger charge is -2.33. The van der Waals surface area contributed by atoms with Gasteiger partial charge in [-0.3, -0.25) is 10.00 Å². The molecule has 0 spiro atoms. The summed E-state index contributed by atoms with van der Waals surface area (Å²) in [4.78, 5) is 6.06. The van der Waals surface area contributed by atoms with Crippen molar-refractivity contribution in [1.29, 1.82) is 0 Å². The molecule has 1 saturated carbocycles. The van der Waals surface area contributed by atoms with E-state index in [4.69, 9.17) is 4.74 Å². The third-order valence-electron chi connectivity index (χ3n) is 7.56. The van der Waals surface area contributed by atoms with Crippen molar-refractivity contribution in [3.8, 4) is 11.3 Å². The first-order valence-corrected chi connectivity index (χ1v) is 12.6. The van der Waals surface area contributed by atoms with Crippen molar-refractivity contribution in [1.82, 2.24) is 34.8 Å². The molecule has 4 aromatic rings. The fourth-order valence-corrected chi connectivity index (χ4v) is 5.39. The number of aromatic amines is 1. The van der Waals surface area contributed by atoms with Crippen LogP contribution in [0.25, 0.3) is 22.2 Å². The molecule has 2 aliphatic rings. The summed E-state index contributed by atoms with van der Waals surface area (Å²) in [5, 5.41) is 16.4. The lowest BCUT2D eigenvalue weighted by molar-refractivity contribution is -0.141. The molecule has 3 aromatic heterocycles. The summed E-state index contributed by atoms with van der Waals surface area (Å²) in [6.07, 6.45) is 0.539. The van der Waals surface area contributed by atoms with Crippen LogP contribution in [0.3, 0.4) is 0 Å². The molecule has 1 aliphatic carbocycles. The van der Waals surface area contributed by atoms with Crippen LogP contribution in [0.1, 0.15) is 48.0 Å². The van der Waals surface area contributed by atoms with Crippen LogP contribution in [0.5, 0.6) is 0 Å². The molecule has 0 amide bonds. The predicted molar refractivity (Wildman–Crippen MR) is 131 cm³/mol. The predicted octanol–water partition coefficient (Wildman–Crippen LogP) is 4.54. The molecule has 1 aliphatic heterocycles. The fraction of sp³-hybridized carbons (Fsp3) is 0.462. The average Bonchev–Trinajstić information content (AvgIpc) is 3.48. The lowest BCUT2D eigenvalue weighted by Crippen LogP contribution is -2.36. The van der Waals surface area contributed by atoms with Gasteiger partial charge in [-0.2, -0.15) is 18.3 Å². The lowest BCUT2D eigenvalue weighted by atomic mass is 9.72. The topological polar surface area (TPSA) is 84.8 Å². The van der Waals surface area contributed by atoms with E-state index in [1.54, 1.807) is 6.33 Å². The van der Waals surface area contributed by atoms with Gasteiger partial charge in [0.05, 0.1) is 24.4 Å². The maximum atomic E-state index is 13.9. The number of pyridine rings is 1. The number of H-pyrrole nitrogens is 1. The highest BCUT2D eigenvalue weighted by Gasteiger charge is 2.35. The van der Waals surface area contributed by atoms with Crippen LogP contribution in [-0.4, -0.2) is 61.1 Å². The standard InChI is InChI=1S/C26H28F3N7O/c1-35-15-30-34-25(35)22(16-4-2-5-16)17-6-3-7-18(12-17)23-19-13-21(26(27,28)29)31-20(24(19)33-32-23)14-36-8-10-37-11-9-36/h3,6-7,12-13,15-16,22H,2,4-5,8-11,14H2,1H3,(H,32,33)/t22-/m1/s1. The van der Waals surface area contributed by atoms with Gasteiger partial charge in [-0.1, -0.05) is 24.6 Å². The maximum absolute atomic E-state index is 13.9. The van der Waals surface area contributed by atoms with E-state index in [0.29, 0.717) is 61.1 Å². The van der Waals surface area contributed by atoms with E-state index in [-0.39, 0.29) is 5.92 Å². The molecule has 194 valence electrons. The molecule has 0 unspecified atom stereocenters. The Bertz CT molecular complexity index is 1400. The van der Waals surface area contributed by atoms with Crippen molar-refractivity contribution in [2.75, 3.05) is 26.3 Å². The van der Waals surface area contributed by atoms with Crippen LogP contribution in [-0.2, 0) is 24.5 Å². The number of hydrogen-bond acceptors (Lipinski definition) is 6. The number of aryl methyl sites for hydroxylation is 1. The molecular weight excluding hydrogens is 483 g/mol. The third-order valence-corrected chi connectivity index (χ3v) is 7.56. The van der Waals surface area contributed by atoms with Gasteiger partial charge in [0.2, 0.25) is 0 Å². The molecule has 0 bridgehead atoms. The molecule has 0 radical (unpaired) electrons. The number of halogens is 3. The van der Waals surface area contributed by atoms with E-state index in [2.05, 4.69) is 36.3 Å². The Hall–Kier alpha value is -3.31. The molecule has 1 N–H and O–H groups in total. The summed E-state index contributed by atoms with van der Waals surface area (Å²) < 4.78 is 48.9. The van der Waals surface area contributed by atoms with Crippen molar-refractivity contribution in [3.05, 3.63) is 59.4 Å². The largest absolute Gasteiger partial charge is 0.433 e. The molecule has 1 saturated heterocycles. The summed E-state index contributed by atoms with van der Waals surface area (Å²) in [5.41, 5.74) is 2.27. The Morgan fingerprint density at radius 2 is 1.97 bits per heavy atom. The van der Waals surface area contributed by atoms with Crippen LogP contribution in [0.4, 0.5) is 13.2 Å². The molecule has 2 fully saturated rings. The molecule has 4 heterocycles. The van der Waals surface area contributed by atoms with Crippen molar-refractivity contribution in [2.45, 2.75) is 37.9 Å². The number of ether oxygens (including phenoxy) is 1. The fourth-order valence-electron chi connectivity index (χ4n) is 5.39. The van der Waals surface area contributed by atoms with E-state index in [1.807, 2.05) is 29.8 Å². The van der Waals surface area contributed by atoms with Gasteiger partial charge in [0.15, 0.2) is 0 Å². The van der Waals surface area contributed by atoms with E-state index in [1.165, 1.54) is 6.42 Å². The molecule has 1 aromatic carbocycles. The van der Waals surface area contributed by atoms with Crippen molar-refractivity contribution < 1.29 is 17.9 Å². The number of morpholine rings is 1. The second-order valence-corrected chi connectivity index (χ2v) is 9.93. The molecule has 37 heavy (non-hydrogen) atoms. The number of aromatic nitrogens is 6. The summed E-state index contributed by atoms with van der Waals surface area (Å²) in [6.45, 7) is 2.69. The van der Waals surface area contributed by atoms with Crippen LogP contribution >= 0.6 is 0 Å². The molecule has 8 nitrogen and oxygen atoms in total. The number of fused-ring (bicyclic) bond motifs is 1.